The number of Topliss-reactive ketones (excluding diaryl/α,β-unsaturated/α-hetero) is 1. The predicted octanol–water partition coefficient (Wildman–Crippen LogP) is 2.18. The molecule has 0 rings (SSSR count). The molecular weight excluding hydrogens is 558 g/mol. The fourth-order valence-corrected chi connectivity index (χ4v) is 4.82. The first-order valence-electron chi connectivity index (χ1n) is 15.0. The van der Waals surface area contributed by atoms with Crippen molar-refractivity contribution in [3.63, 3.8) is 0 Å². The molecule has 0 aliphatic rings. The monoisotopic (exact) mass is 613 g/mol. The zero-order valence-electron chi connectivity index (χ0n) is 27.2. The molecule has 0 fully saturated rings. The van der Waals surface area contributed by atoms with Crippen molar-refractivity contribution in [3.8, 4) is 0 Å². The molecule has 12 heteroatoms. The molecule has 7 atom stereocenters. The molecule has 0 aromatic heterocycles. The highest BCUT2D eigenvalue weighted by Gasteiger charge is 2.35. The second-order valence-electron chi connectivity index (χ2n) is 11.9. The Balaban J connectivity index is 5.91. The molecule has 0 aromatic carbocycles. The minimum Gasteiger partial charge on any atom is -0.347 e. The molecule has 0 bridgehead atoms. The maximum Gasteiger partial charge on any atom is 0.243 e. The SMILES string of the molecule is CCC(C)C(NC(=O)C(CCSC)NC=O)C(=O)NC(C(=O)NC(C(=O)NC(CC(C)C)C(C)=O)C(C)CC)C(C)C. The molecule has 0 saturated carbocycles. The van der Waals surface area contributed by atoms with Crippen LogP contribution in [0.1, 0.15) is 88.0 Å². The molecule has 7 unspecified atom stereocenters. The number of carbonyl (C=O) groups excluding carboxylic acids is 6. The van der Waals surface area contributed by atoms with Gasteiger partial charge in [0.25, 0.3) is 0 Å². The zero-order chi connectivity index (χ0) is 32.6. The zero-order valence-corrected chi connectivity index (χ0v) is 28.0. The van der Waals surface area contributed by atoms with Gasteiger partial charge in [0, 0.05) is 0 Å². The lowest BCUT2D eigenvalue weighted by Crippen LogP contribution is -2.61. The third-order valence-corrected chi connectivity index (χ3v) is 8.19. The van der Waals surface area contributed by atoms with E-state index in [0.717, 1.165) is 0 Å². The summed E-state index contributed by atoms with van der Waals surface area (Å²) in [5, 5.41) is 13.7. The number of amides is 5. The minimum atomic E-state index is -0.986. The molecule has 0 radical (unpaired) electrons. The van der Waals surface area contributed by atoms with Crippen LogP contribution in [-0.4, -0.2) is 78.0 Å². The van der Waals surface area contributed by atoms with Gasteiger partial charge in [0.2, 0.25) is 30.0 Å². The standard InChI is InChI=1S/C30H55N5O6S/c1-11-19(7)25(29(40)32-23(21(9)37)15-17(3)4)35-28(39)24(18(5)6)33-30(41)26(20(8)12-2)34-27(38)22(31-16-36)13-14-42-10/h16-20,22-26H,11-15H2,1-10H3,(H,31,36)(H,32,40)(H,33,41)(H,34,38)(H,35,39). The van der Waals surface area contributed by atoms with Crippen molar-refractivity contribution in [3.05, 3.63) is 0 Å². The van der Waals surface area contributed by atoms with E-state index in [1.165, 1.54) is 18.7 Å². The summed E-state index contributed by atoms with van der Waals surface area (Å²) in [6.45, 7) is 16.4. The van der Waals surface area contributed by atoms with E-state index in [1.807, 2.05) is 47.8 Å². The Bertz CT molecular complexity index is 899. The topological polar surface area (TPSA) is 163 Å². The predicted molar refractivity (Wildman–Crippen MR) is 168 cm³/mol. The molecule has 5 amide bonds. The second-order valence-corrected chi connectivity index (χ2v) is 12.9. The smallest absolute Gasteiger partial charge is 0.243 e. The van der Waals surface area contributed by atoms with Gasteiger partial charge in [0.15, 0.2) is 5.78 Å². The van der Waals surface area contributed by atoms with Gasteiger partial charge in [-0.2, -0.15) is 11.8 Å². The Hall–Kier alpha value is -2.63. The van der Waals surface area contributed by atoms with Crippen molar-refractivity contribution < 1.29 is 28.8 Å². The van der Waals surface area contributed by atoms with Gasteiger partial charge in [-0.15, -0.1) is 0 Å². The summed E-state index contributed by atoms with van der Waals surface area (Å²) in [4.78, 5) is 76.6. The summed E-state index contributed by atoms with van der Waals surface area (Å²) < 4.78 is 0. The van der Waals surface area contributed by atoms with Crippen LogP contribution in [0.25, 0.3) is 0 Å². The molecule has 11 nitrogen and oxygen atoms in total. The first-order chi connectivity index (χ1) is 19.6. The van der Waals surface area contributed by atoms with E-state index in [-0.39, 0.29) is 29.5 Å². The Morgan fingerprint density at radius 2 is 1.14 bits per heavy atom. The van der Waals surface area contributed by atoms with Crippen LogP contribution in [0.2, 0.25) is 0 Å². The summed E-state index contributed by atoms with van der Waals surface area (Å²) in [5.41, 5.74) is 0. The van der Waals surface area contributed by atoms with Crippen LogP contribution < -0.4 is 26.6 Å². The molecule has 5 N–H and O–H groups in total. The highest BCUT2D eigenvalue weighted by molar-refractivity contribution is 7.98. The molecular formula is C30H55N5O6S. The molecule has 0 spiro atoms. The number of ketones is 1. The Morgan fingerprint density at radius 1 is 0.690 bits per heavy atom. The lowest BCUT2D eigenvalue weighted by atomic mass is 9.94. The Kier molecular flexibility index (Phi) is 19.0. The van der Waals surface area contributed by atoms with Gasteiger partial charge in [0.05, 0.1) is 6.04 Å². The number of carbonyl (C=O) groups is 6. The van der Waals surface area contributed by atoms with Gasteiger partial charge in [0.1, 0.15) is 24.2 Å². The average molecular weight is 614 g/mol. The molecule has 42 heavy (non-hydrogen) atoms. The van der Waals surface area contributed by atoms with E-state index in [4.69, 9.17) is 0 Å². The van der Waals surface area contributed by atoms with E-state index >= 15 is 0 Å². The van der Waals surface area contributed by atoms with E-state index in [9.17, 15) is 28.8 Å². The first-order valence-corrected chi connectivity index (χ1v) is 16.4. The molecule has 0 aromatic rings. The highest BCUT2D eigenvalue weighted by Crippen LogP contribution is 2.14. The van der Waals surface area contributed by atoms with Crippen LogP contribution in [0.15, 0.2) is 0 Å². The quantitative estimate of drug-likeness (QED) is 0.124. The van der Waals surface area contributed by atoms with Crippen LogP contribution in [-0.2, 0) is 28.8 Å². The normalized spacial score (nSPS) is 16.3. The van der Waals surface area contributed by atoms with Gasteiger partial charge in [-0.1, -0.05) is 68.2 Å². The van der Waals surface area contributed by atoms with E-state index < -0.39 is 53.8 Å². The van der Waals surface area contributed by atoms with Gasteiger partial charge in [-0.3, -0.25) is 28.8 Å². The summed E-state index contributed by atoms with van der Waals surface area (Å²) in [7, 11) is 0. The minimum absolute atomic E-state index is 0.157. The van der Waals surface area contributed by atoms with Gasteiger partial charge in [-0.05, 0) is 55.4 Å². The summed E-state index contributed by atoms with van der Waals surface area (Å²) >= 11 is 1.54. The third-order valence-electron chi connectivity index (χ3n) is 7.54. The number of thioether (sulfide) groups is 1. The van der Waals surface area contributed by atoms with Crippen LogP contribution in [0, 0.1) is 23.7 Å². The van der Waals surface area contributed by atoms with Crippen molar-refractivity contribution in [2.24, 2.45) is 23.7 Å². The van der Waals surface area contributed by atoms with Crippen LogP contribution >= 0.6 is 11.8 Å². The Labute approximate surface area is 256 Å². The maximum absolute atomic E-state index is 13.5. The number of nitrogens with one attached hydrogen (secondary N) is 5. The van der Waals surface area contributed by atoms with E-state index in [1.54, 1.807) is 13.8 Å². The summed E-state index contributed by atoms with van der Waals surface area (Å²) in [6.07, 6.45) is 4.42. The van der Waals surface area contributed by atoms with Crippen molar-refractivity contribution in [2.75, 3.05) is 12.0 Å². The van der Waals surface area contributed by atoms with Crippen LogP contribution in [0.3, 0.4) is 0 Å². The molecule has 0 aliphatic carbocycles. The number of hydrogen-bond acceptors (Lipinski definition) is 7. The number of hydrogen-bond donors (Lipinski definition) is 5. The lowest BCUT2D eigenvalue weighted by Gasteiger charge is -2.31. The second kappa shape index (κ2) is 20.3. The molecule has 0 heterocycles. The molecule has 0 aliphatic heterocycles. The summed E-state index contributed by atoms with van der Waals surface area (Å²) in [6, 6.07) is -4.29. The van der Waals surface area contributed by atoms with E-state index in [0.29, 0.717) is 37.8 Å². The van der Waals surface area contributed by atoms with Crippen molar-refractivity contribution in [1.29, 1.82) is 0 Å². The average Bonchev–Trinajstić information content (AvgIpc) is 2.93. The maximum atomic E-state index is 13.5. The first kappa shape index (κ1) is 39.4. The van der Waals surface area contributed by atoms with Crippen LogP contribution in [0.4, 0.5) is 0 Å². The number of rotatable bonds is 21. The lowest BCUT2D eigenvalue weighted by molar-refractivity contribution is -0.136. The highest BCUT2D eigenvalue weighted by atomic mass is 32.2. The van der Waals surface area contributed by atoms with Crippen LogP contribution in [0.5, 0.6) is 0 Å². The van der Waals surface area contributed by atoms with Gasteiger partial charge in [-0.25, -0.2) is 0 Å². The van der Waals surface area contributed by atoms with Crippen molar-refractivity contribution in [1.82, 2.24) is 26.6 Å². The van der Waals surface area contributed by atoms with Crippen molar-refractivity contribution >= 4 is 47.6 Å². The Morgan fingerprint density at radius 3 is 1.55 bits per heavy atom. The largest absolute Gasteiger partial charge is 0.347 e. The molecule has 0 saturated heterocycles. The summed E-state index contributed by atoms with van der Waals surface area (Å²) in [5.74, 6) is -2.14. The van der Waals surface area contributed by atoms with Crippen molar-refractivity contribution in [2.45, 2.75) is 118 Å². The van der Waals surface area contributed by atoms with Gasteiger partial charge >= 0.3 is 0 Å². The third kappa shape index (κ3) is 13.6. The molecule has 242 valence electrons. The fraction of sp³-hybridized carbons (Fsp3) is 0.800. The fourth-order valence-electron chi connectivity index (χ4n) is 4.35. The van der Waals surface area contributed by atoms with Gasteiger partial charge < -0.3 is 26.6 Å². The van der Waals surface area contributed by atoms with E-state index in [2.05, 4.69) is 26.6 Å².